The van der Waals surface area contributed by atoms with Gasteiger partial charge in [-0.25, -0.2) is 8.78 Å². The lowest BCUT2D eigenvalue weighted by molar-refractivity contribution is 0.282. The molecule has 2 aromatic heterocycles. The summed E-state index contributed by atoms with van der Waals surface area (Å²) in [5.74, 6) is 0.500. The second-order valence-corrected chi connectivity index (χ2v) is 7.15. The molecule has 2 unspecified atom stereocenters. The molecular formula is C21H21F2N3O. The second kappa shape index (κ2) is 6.44. The molecule has 1 aromatic carbocycles. The Bertz CT molecular complexity index is 1030. The van der Waals surface area contributed by atoms with E-state index in [4.69, 9.17) is 4.74 Å². The van der Waals surface area contributed by atoms with Crippen LogP contribution in [-0.2, 0) is 6.42 Å². The Morgan fingerprint density at radius 2 is 2.19 bits per heavy atom. The normalized spacial score (nSPS) is 21.4. The number of allylic oxidation sites excluding steroid dienone is 1. The van der Waals surface area contributed by atoms with Crippen molar-refractivity contribution in [2.45, 2.75) is 31.9 Å². The van der Waals surface area contributed by atoms with Gasteiger partial charge in [0.25, 0.3) is 0 Å². The Morgan fingerprint density at radius 3 is 2.89 bits per heavy atom. The number of ether oxygens (including phenoxy) is 1. The van der Waals surface area contributed by atoms with Crippen LogP contribution in [0.15, 0.2) is 43.1 Å². The molecule has 140 valence electrons. The first-order valence-corrected chi connectivity index (χ1v) is 8.94. The molecule has 1 aliphatic rings. The van der Waals surface area contributed by atoms with E-state index < -0.39 is 11.5 Å². The minimum atomic E-state index is -1.15. The summed E-state index contributed by atoms with van der Waals surface area (Å²) in [6, 6.07) is 6.79. The first-order chi connectivity index (χ1) is 13.0. The zero-order valence-electron chi connectivity index (χ0n) is 15.4. The summed E-state index contributed by atoms with van der Waals surface area (Å²) in [7, 11) is 1.44. The molecule has 0 aliphatic heterocycles. The lowest BCUT2D eigenvalue weighted by Gasteiger charge is -2.10. The van der Waals surface area contributed by atoms with Gasteiger partial charge in [-0.2, -0.15) is 0 Å². The third-order valence-electron chi connectivity index (χ3n) is 5.43. The number of nitrogens with zero attached hydrogens (tertiary/aromatic N) is 3. The molecule has 4 nitrogen and oxygen atoms in total. The van der Waals surface area contributed by atoms with E-state index in [9.17, 15) is 8.78 Å². The Morgan fingerprint density at radius 1 is 1.37 bits per heavy atom. The van der Waals surface area contributed by atoms with Crippen molar-refractivity contribution in [3.05, 3.63) is 60.3 Å². The van der Waals surface area contributed by atoms with Gasteiger partial charge in [-0.1, -0.05) is 12.1 Å². The van der Waals surface area contributed by atoms with Gasteiger partial charge in [-0.15, -0.1) is 16.8 Å². The van der Waals surface area contributed by atoms with E-state index in [0.29, 0.717) is 24.9 Å². The van der Waals surface area contributed by atoms with Gasteiger partial charge in [0.05, 0.1) is 7.11 Å². The molecule has 0 radical (unpaired) electrons. The smallest absolute Gasteiger partial charge is 0.165 e. The predicted octanol–water partition coefficient (Wildman–Crippen LogP) is 4.70. The minimum absolute atomic E-state index is 0.0430. The molecule has 6 heteroatoms. The van der Waals surface area contributed by atoms with Crippen LogP contribution in [0.1, 0.15) is 24.2 Å². The van der Waals surface area contributed by atoms with E-state index in [-0.39, 0.29) is 11.7 Å². The van der Waals surface area contributed by atoms with E-state index in [1.165, 1.54) is 13.2 Å². The molecule has 0 bridgehead atoms. The topological polar surface area (TPSA) is 39.4 Å². The Labute approximate surface area is 156 Å². The second-order valence-electron chi connectivity index (χ2n) is 7.15. The molecule has 1 aliphatic carbocycles. The highest BCUT2D eigenvalue weighted by atomic mass is 19.1. The van der Waals surface area contributed by atoms with Crippen molar-refractivity contribution in [2.24, 2.45) is 5.92 Å². The molecule has 1 fully saturated rings. The third-order valence-corrected chi connectivity index (χ3v) is 5.43. The minimum Gasteiger partial charge on any atom is -0.494 e. The lowest BCUT2D eigenvalue weighted by Crippen LogP contribution is -2.06. The first-order valence-electron chi connectivity index (χ1n) is 8.94. The van der Waals surface area contributed by atoms with Gasteiger partial charge in [0, 0.05) is 24.1 Å². The molecule has 2 heterocycles. The molecular weight excluding hydrogens is 348 g/mol. The molecule has 27 heavy (non-hydrogen) atoms. The number of hydrogen-bond acceptors (Lipinski definition) is 3. The first kappa shape index (κ1) is 17.6. The van der Waals surface area contributed by atoms with Crippen LogP contribution in [0.4, 0.5) is 8.78 Å². The summed E-state index contributed by atoms with van der Waals surface area (Å²) >= 11 is 0. The summed E-state index contributed by atoms with van der Waals surface area (Å²) in [6.45, 7) is 5.56. The maximum absolute atomic E-state index is 14.4. The van der Waals surface area contributed by atoms with E-state index in [0.717, 1.165) is 22.5 Å². The molecule has 0 spiro atoms. The predicted molar refractivity (Wildman–Crippen MR) is 100 cm³/mol. The molecule has 0 saturated heterocycles. The number of rotatable bonds is 6. The summed E-state index contributed by atoms with van der Waals surface area (Å²) in [5.41, 5.74) is 2.07. The Hall–Kier alpha value is -2.76. The molecule has 0 N–H and O–H groups in total. The standard InChI is InChI=1S/C21H21F2N3O/c1-4-8-21(23)12-15(21)11-19-24-25-20-13(2)16(7-9-26(19)20)14-5-6-18(27-3)17(22)10-14/h4-7,9-10,15H,1,8,11-12H2,2-3H3. The van der Waals surface area contributed by atoms with Gasteiger partial charge >= 0.3 is 0 Å². The highest BCUT2D eigenvalue weighted by molar-refractivity contribution is 5.73. The molecule has 2 atom stereocenters. The van der Waals surface area contributed by atoms with Crippen molar-refractivity contribution in [3.63, 3.8) is 0 Å². The van der Waals surface area contributed by atoms with Crippen LogP contribution in [0.5, 0.6) is 5.75 Å². The number of benzene rings is 1. The van der Waals surface area contributed by atoms with Gasteiger partial charge in [-0.05, 0) is 49.1 Å². The number of hydrogen-bond donors (Lipinski definition) is 0. The summed E-state index contributed by atoms with van der Waals surface area (Å²) in [5, 5.41) is 8.56. The number of halogens is 2. The number of pyridine rings is 1. The van der Waals surface area contributed by atoms with Crippen molar-refractivity contribution in [1.82, 2.24) is 14.6 Å². The monoisotopic (exact) mass is 369 g/mol. The van der Waals surface area contributed by atoms with Crippen molar-refractivity contribution in [1.29, 1.82) is 0 Å². The van der Waals surface area contributed by atoms with E-state index in [2.05, 4.69) is 16.8 Å². The van der Waals surface area contributed by atoms with Crippen molar-refractivity contribution in [3.8, 4) is 16.9 Å². The van der Waals surface area contributed by atoms with Gasteiger partial charge in [0.2, 0.25) is 0 Å². The SMILES string of the molecule is C=CCC1(F)CC1Cc1nnc2c(C)c(-c3ccc(OC)c(F)c3)ccn12. The van der Waals surface area contributed by atoms with Crippen molar-refractivity contribution in [2.75, 3.05) is 7.11 Å². The number of alkyl halides is 1. The molecule has 0 amide bonds. The lowest BCUT2D eigenvalue weighted by atomic mass is 10.0. The Kier molecular flexibility index (Phi) is 4.21. The zero-order valence-corrected chi connectivity index (χ0v) is 15.4. The molecule has 1 saturated carbocycles. The summed E-state index contributed by atoms with van der Waals surface area (Å²) in [6.07, 6.45) is 4.95. The Balaban J connectivity index is 1.66. The van der Waals surface area contributed by atoms with E-state index in [1.54, 1.807) is 12.1 Å². The van der Waals surface area contributed by atoms with Gasteiger partial charge in [0.1, 0.15) is 11.5 Å². The highest BCUT2D eigenvalue weighted by Crippen LogP contribution is 2.51. The quantitative estimate of drug-likeness (QED) is 0.591. The largest absolute Gasteiger partial charge is 0.494 e. The third kappa shape index (κ3) is 2.99. The van der Waals surface area contributed by atoms with Crippen LogP contribution in [0, 0.1) is 18.7 Å². The number of methoxy groups -OCH3 is 1. The van der Waals surface area contributed by atoms with Crippen LogP contribution >= 0.6 is 0 Å². The van der Waals surface area contributed by atoms with Crippen molar-refractivity contribution < 1.29 is 13.5 Å². The highest BCUT2D eigenvalue weighted by Gasteiger charge is 2.54. The zero-order chi connectivity index (χ0) is 19.2. The van der Waals surface area contributed by atoms with Crippen LogP contribution in [0.25, 0.3) is 16.8 Å². The van der Waals surface area contributed by atoms with Crippen LogP contribution in [0.3, 0.4) is 0 Å². The van der Waals surface area contributed by atoms with Crippen LogP contribution in [-0.4, -0.2) is 27.4 Å². The maximum atomic E-state index is 14.4. The fourth-order valence-electron chi connectivity index (χ4n) is 3.73. The maximum Gasteiger partial charge on any atom is 0.165 e. The average Bonchev–Trinajstić information content (AvgIpc) is 3.08. The summed E-state index contributed by atoms with van der Waals surface area (Å²) < 4.78 is 35.4. The number of fused-ring (bicyclic) bond motifs is 1. The van der Waals surface area contributed by atoms with Crippen LogP contribution < -0.4 is 4.74 Å². The van der Waals surface area contributed by atoms with E-state index >= 15 is 0 Å². The fraction of sp³-hybridized carbons (Fsp3) is 0.333. The fourth-order valence-corrected chi connectivity index (χ4v) is 3.73. The van der Waals surface area contributed by atoms with E-state index in [1.807, 2.05) is 29.7 Å². The number of aromatic nitrogens is 3. The van der Waals surface area contributed by atoms with Gasteiger partial charge < -0.3 is 4.74 Å². The van der Waals surface area contributed by atoms with Crippen LogP contribution in [0.2, 0.25) is 0 Å². The van der Waals surface area contributed by atoms with Crippen molar-refractivity contribution >= 4 is 5.65 Å². The van der Waals surface area contributed by atoms with Gasteiger partial charge in [-0.3, -0.25) is 4.40 Å². The molecule has 3 aromatic rings. The summed E-state index contributed by atoms with van der Waals surface area (Å²) in [4.78, 5) is 0. The number of aryl methyl sites for hydroxylation is 1. The van der Waals surface area contributed by atoms with Gasteiger partial charge in [0.15, 0.2) is 17.2 Å². The average molecular weight is 369 g/mol. The molecule has 4 rings (SSSR count).